The molecule has 1 N–H and O–H groups in total. The Morgan fingerprint density at radius 3 is 2.42 bits per heavy atom. The minimum absolute atomic E-state index is 0.821. The van der Waals surface area contributed by atoms with Crippen LogP contribution in [0.5, 0.6) is 0 Å². The van der Waals surface area contributed by atoms with Crippen molar-refractivity contribution in [3.8, 4) is 0 Å². The van der Waals surface area contributed by atoms with E-state index in [0.29, 0.717) is 0 Å². The Balaban J connectivity index is 2.28. The molecule has 1 aliphatic heterocycles. The molecule has 0 bridgehead atoms. The van der Waals surface area contributed by atoms with Gasteiger partial charge in [0.25, 0.3) is 8.48 Å². The fourth-order valence-electron chi connectivity index (χ4n) is 1.10. The van der Waals surface area contributed by atoms with Gasteiger partial charge >= 0.3 is 0 Å². The Morgan fingerprint density at radius 2 is 1.92 bits per heavy atom. The predicted octanol–water partition coefficient (Wildman–Crippen LogP) is 0.171. The number of ether oxygens (including phenoxy) is 1. The SMILES string of the molecule is CO[Si](C)(C)NN1CCOCC1. The number of nitrogens with one attached hydrogen (secondary N) is 1. The molecule has 0 aromatic heterocycles. The molecule has 12 heavy (non-hydrogen) atoms. The first-order valence-corrected chi connectivity index (χ1v) is 7.20. The van der Waals surface area contributed by atoms with Crippen LogP contribution in [0, 0.1) is 0 Å². The van der Waals surface area contributed by atoms with Gasteiger partial charge in [0.2, 0.25) is 0 Å². The monoisotopic (exact) mass is 190 g/mol. The van der Waals surface area contributed by atoms with Crippen LogP contribution in [0.4, 0.5) is 0 Å². The van der Waals surface area contributed by atoms with Gasteiger partial charge in [0.05, 0.1) is 13.2 Å². The Kier molecular flexibility index (Phi) is 3.67. The highest BCUT2D eigenvalue weighted by molar-refractivity contribution is 6.68. The Morgan fingerprint density at radius 1 is 1.33 bits per heavy atom. The van der Waals surface area contributed by atoms with E-state index in [-0.39, 0.29) is 0 Å². The van der Waals surface area contributed by atoms with Crippen molar-refractivity contribution in [1.82, 2.24) is 10.1 Å². The molecule has 0 amide bonds. The van der Waals surface area contributed by atoms with E-state index < -0.39 is 8.48 Å². The smallest absolute Gasteiger partial charge is 0.275 e. The molecule has 1 heterocycles. The zero-order valence-electron chi connectivity index (χ0n) is 8.09. The van der Waals surface area contributed by atoms with Gasteiger partial charge in [-0.15, -0.1) is 0 Å². The van der Waals surface area contributed by atoms with Crippen LogP contribution in [0.1, 0.15) is 0 Å². The second-order valence-electron chi connectivity index (χ2n) is 3.43. The van der Waals surface area contributed by atoms with Gasteiger partial charge in [-0.3, -0.25) is 5.09 Å². The molecule has 0 radical (unpaired) electrons. The highest BCUT2D eigenvalue weighted by Gasteiger charge is 2.24. The molecule has 0 atom stereocenters. The summed E-state index contributed by atoms with van der Waals surface area (Å²) in [4.78, 5) is 0. The summed E-state index contributed by atoms with van der Waals surface area (Å²) in [6.07, 6.45) is 0. The summed E-state index contributed by atoms with van der Waals surface area (Å²) in [6.45, 7) is 7.84. The van der Waals surface area contributed by atoms with Crippen molar-refractivity contribution < 1.29 is 9.16 Å². The van der Waals surface area contributed by atoms with Gasteiger partial charge in [-0.2, -0.15) is 0 Å². The van der Waals surface area contributed by atoms with Crippen LogP contribution in [0.3, 0.4) is 0 Å². The number of hydrazine groups is 1. The number of hydrogen-bond donors (Lipinski definition) is 1. The molecule has 5 heteroatoms. The summed E-state index contributed by atoms with van der Waals surface area (Å²) in [5.74, 6) is 0. The first-order valence-electron chi connectivity index (χ1n) is 4.30. The average Bonchev–Trinajstić information content (AvgIpc) is 2.06. The highest BCUT2D eigenvalue weighted by atomic mass is 28.4. The molecule has 1 aliphatic rings. The third-order valence-electron chi connectivity index (χ3n) is 1.95. The van der Waals surface area contributed by atoms with Gasteiger partial charge in [0.1, 0.15) is 0 Å². The van der Waals surface area contributed by atoms with E-state index >= 15 is 0 Å². The molecule has 1 saturated heterocycles. The zero-order chi connectivity index (χ0) is 9.03. The highest BCUT2D eigenvalue weighted by Crippen LogP contribution is 2.01. The zero-order valence-corrected chi connectivity index (χ0v) is 9.09. The second kappa shape index (κ2) is 4.34. The fraction of sp³-hybridized carbons (Fsp3) is 1.00. The lowest BCUT2D eigenvalue weighted by Gasteiger charge is -2.33. The molecule has 0 unspecified atom stereocenters. The average molecular weight is 190 g/mol. The van der Waals surface area contributed by atoms with Gasteiger partial charge < -0.3 is 9.16 Å². The van der Waals surface area contributed by atoms with Crippen molar-refractivity contribution in [1.29, 1.82) is 0 Å². The van der Waals surface area contributed by atoms with Crippen molar-refractivity contribution >= 4 is 8.48 Å². The molecular formula is C7H18N2O2Si. The third kappa shape index (κ3) is 3.20. The van der Waals surface area contributed by atoms with Gasteiger partial charge in [-0.25, -0.2) is 5.01 Å². The number of morpholine rings is 1. The number of rotatable bonds is 3. The van der Waals surface area contributed by atoms with Crippen molar-refractivity contribution in [3.05, 3.63) is 0 Å². The molecule has 0 aromatic carbocycles. The maximum absolute atomic E-state index is 5.39. The maximum atomic E-state index is 5.39. The Bertz CT molecular complexity index is 137. The first kappa shape index (κ1) is 10.1. The summed E-state index contributed by atoms with van der Waals surface area (Å²) in [5.41, 5.74) is 0. The molecule has 0 aromatic rings. The molecule has 1 fully saturated rings. The van der Waals surface area contributed by atoms with Crippen LogP contribution >= 0.6 is 0 Å². The fourth-order valence-corrected chi connectivity index (χ4v) is 2.18. The molecule has 1 rings (SSSR count). The van der Waals surface area contributed by atoms with Crippen LogP contribution in [0.25, 0.3) is 0 Å². The molecule has 4 nitrogen and oxygen atoms in total. The second-order valence-corrected chi connectivity index (χ2v) is 7.08. The van der Waals surface area contributed by atoms with Crippen molar-refractivity contribution in [3.63, 3.8) is 0 Å². The van der Waals surface area contributed by atoms with Gasteiger partial charge in [-0.05, 0) is 13.1 Å². The van der Waals surface area contributed by atoms with E-state index in [4.69, 9.17) is 9.16 Å². The van der Waals surface area contributed by atoms with Crippen LogP contribution in [-0.2, 0) is 9.16 Å². The van der Waals surface area contributed by atoms with Crippen molar-refractivity contribution in [2.45, 2.75) is 13.1 Å². The molecule has 0 saturated carbocycles. The van der Waals surface area contributed by atoms with Crippen LogP contribution in [0.2, 0.25) is 13.1 Å². The first-order chi connectivity index (χ1) is 5.64. The van der Waals surface area contributed by atoms with Crippen LogP contribution in [0.15, 0.2) is 0 Å². The topological polar surface area (TPSA) is 33.7 Å². The van der Waals surface area contributed by atoms with Crippen molar-refractivity contribution in [2.24, 2.45) is 0 Å². The predicted molar refractivity (Wildman–Crippen MR) is 50.0 cm³/mol. The van der Waals surface area contributed by atoms with Crippen LogP contribution in [-0.4, -0.2) is 46.9 Å². The lowest BCUT2D eigenvalue weighted by atomic mass is 10.5. The summed E-state index contributed by atoms with van der Waals surface area (Å²) < 4.78 is 10.6. The largest absolute Gasteiger partial charge is 0.406 e. The minimum atomic E-state index is -1.64. The molecule has 0 spiro atoms. The Hall–Kier alpha value is 0.0569. The normalized spacial score (nSPS) is 21.2. The van der Waals surface area contributed by atoms with E-state index in [9.17, 15) is 0 Å². The molecule has 0 aliphatic carbocycles. The summed E-state index contributed by atoms with van der Waals surface area (Å²) in [7, 11) is 0.119. The van der Waals surface area contributed by atoms with E-state index in [2.05, 4.69) is 23.2 Å². The molecule has 72 valence electrons. The van der Waals surface area contributed by atoms with E-state index in [1.165, 1.54) is 0 Å². The summed E-state index contributed by atoms with van der Waals surface area (Å²) in [5, 5.41) is 5.61. The maximum Gasteiger partial charge on any atom is 0.275 e. The summed E-state index contributed by atoms with van der Waals surface area (Å²) >= 11 is 0. The minimum Gasteiger partial charge on any atom is -0.406 e. The van der Waals surface area contributed by atoms with E-state index in [0.717, 1.165) is 26.3 Å². The number of hydrogen-bond acceptors (Lipinski definition) is 4. The quantitative estimate of drug-likeness (QED) is 0.643. The lowest BCUT2D eigenvalue weighted by Crippen LogP contribution is -2.58. The van der Waals surface area contributed by atoms with E-state index in [1.54, 1.807) is 7.11 Å². The van der Waals surface area contributed by atoms with Gasteiger partial charge in [-0.1, -0.05) is 0 Å². The molecular weight excluding hydrogens is 172 g/mol. The van der Waals surface area contributed by atoms with Gasteiger partial charge in [0, 0.05) is 20.2 Å². The summed E-state index contributed by atoms with van der Waals surface area (Å²) in [6, 6.07) is 0. The van der Waals surface area contributed by atoms with E-state index in [1.807, 2.05) is 0 Å². The van der Waals surface area contributed by atoms with Gasteiger partial charge in [0.15, 0.2) is 0 Å². The lowest BCUT2D eigenvalue weighted by molar-refractivity contribution is 0.0221. The van der Waals surface area contributed by atoms with Crippen molar-refractivity contribution in [2.75, 3.05) is 33.4 Å². The Labute approximate surface area is 75.0 Å². The standard InChI is InChI=1S/C7H18N2O2Si/c1-10-12(2,3)8-9-4-6-11-7-5-9/h8H,4-7H2,1-3H3. The third-order valence-corrected chi connectivity index (χ3v) is 3.82. The number of nitrogens with zero attached hydrogens (tertiary/aromatic N) is 1. The van der Waals surface area contributed by atoms with Crippen LogP contribution < -0.4 is 5.09 Å².